The SMILES string of the molecule is CSc1cc(=N)n(C2CCCCC2)c(=S)s1. The number of thioether (sulfide) groups is 1. The molecule has 1 N–H and O–H groups in total. The molecular formula is C11H16N2S3. The average molecular weight is 272 g/mol. The van der Waals surface area contributed by atoms with E-state index >= 15 is 0 Å². The molecule has 0 unspecified atom stereocenters. The summed E-state index contributed by atoms with van der Waals surface area (Å²) < 4.78 is 4.06. The molecule has 2 rings (SSSR count). The van der Waals surface area contributed by atoms with Crippen LogP contribution >= 0.6 is 35.3 Å². The van der Waals surface area contributed by atoms with Gasteiger partial charge in [-0.15, -0.1) is 11.8 Å². The van der Waals surface area contributed by atoms with Crippen LogP contribution in [0.3, 0.4) is 0 Å². The number of hydrogen-bond donors (Lipinski definition) is 1. The molecule has 0 spiro atoms. The van der Waals surface area contributed by atoms with Crippen molar-refractivity contribution in [2.75, 3.05) is 6.26 Å². The van der Waals surface area contributed by atoms with E-state index in [2.05, 4.69) is 4.57 Å². The molecule has 88 valence electrons. The van der Waals surface area contributed by atoms with Crippen LogP contribution in [0.5, 0.6) is 0 Å². The van der Waals surface area contributed by atoms with Crippen molar-refractivity contribution in [3.8, 4) is 0 Å². The number of hydrogen-bond acceptors (Lipinski definition) is 4. The number of aromatic nitrogens is 1. The van der Waals surface area contributed by atoms with Crippen LogP contribution < -0.4 is 5.49 Å². The van der Waals surface area contributed by atoms with Gasteiger partial charge in [0.25, 0.3) is 0 Å². The summed E-state index contributed by atoms with van der Waals surface area (Å²) in [6.45, 7) is 0. The predicted molar refractivity (Wildman–Crippen MR) is 72.9 cm³/mol. The zero-order valence-electron chi connectivity index (χ0n) is 9.36. The highest BCUT2D eigenvalue weighted by atomic mass is 32.2. The Bertz CT molecular complexity index is 438. The Morgan fingerprint density at radius 3 is 2.69 bits per heavy atom. The van der Waals surface area contributed by atoms with Gasteiger partial charge in [-0.2, -0.15) is 0 Å². The molecule has 1 aliphatic rings. The Morgan fingerprint density at radius 2 is 2.12 bits per heavy atom. The van der Waals surface area contributed by atoms with Gasteiger partial charge >= 0.3 is 0 Å². The summed E-state index contributed by atoms with van der Waals surface area (Å²) in [5.41, 5.74) is 0.583. The largest absolute Gasteiger partial charge is 0.306 e. The highest BCUT2D eigenvalue weighted by molar-refractivity contribution is 8.00. The van der Waals surface area contributed by atoms with Crippen molar-refractivity contribution < 1.29 is 0 Å². The van der Waals surface area contributed by atoms with Gasteiger partial charge in [-0.3, -0.25) is 5.41 Å². The summed E-state index contributed by atoms with van der Waals surface area (Å²) in [5.74, 6) is 0. The molecular weight excluding hydrogens is 256 g/mol. The highest BCUT2D eigenvalue weighted by Crippen LogP contribution is 2.29. The van der Waals surface area contributed by atoms with Crippen molar-refractivity contribution in [3.05, 3.63) is 15.5 Å². The molecule has 0 aliphatic heterocycles. The van der Waals surface area contributed by atoms with Gasteiger partial charge in [-0.05, 0) is 31.3 Å². The fourth-order valence-electron chi connectivity index (χ4n) is 2.23. The van der Waals surface area contributed by atoms with Gasteiger partial charge in [-0.1, -0.05) is 30.6 Å². The number of rotatable bonds is 2. The molecule has 1 saturated carbocycles. The lowest BCUT2D eigenvalue weighted by Crippen LogP contribution is -2.26. The first-order valence-electron chi connectivity index (χ1n) is 5.57. The van der Waals surface area contributed by atoms with Crippen LogP contribution in [0.2, 0.25) is 0 Å². The van der Waals surface area contributed by atoms with Gasteiger partial charge in [0.1, 0.15) is 5.49 Å². The van der Waals surface area contributed by atoms with Crippen molar-refractivity contribution in [3.63, 3.8) is 0 Å². The third-order valence-corrected chi connectivity index (χ3v) is 5.45. The van der Waals surface area contributed by atoms with Crippen LogP contribution in [-0.4, -0.2) is 10.8 Å². The molecule has 0 atom stereocenters. The Balaban J connectivity index is 2.40. The monoisotopic (exact) mass is 272 g/mol. The van der Waals surface area contributed by atoms with E-state index in [4.69, 9.17) is 17.6 Å². The predicted octanol–water partition coefficient (Wildman–Crippen LogP) is 3.99. The third kappa shape index (κ3) is 2.57. The van der Waals surface area contributed by atoms with Crippen LogP contribution in [0.15, 0.2) is 10.3 Å². The van der Waals surface area contributed by atoms with Gasteiger partial charge in [-0.25, -0.2) is 0 Å². The van der Waals surface area contributed by atoms with E-state index in [9.17, 15) is 0 Å². The highest BCUT2D eigenvalue weighted by Gasteiger charge is 2.16. The van der Waals surface area contributed by atoms with Crippen LogP contribution in [0, 0.1) is 9.36 Å². The molecule has 2 nitrogen and oxygen atoms in total. The lowest BCUT2D eigenvalue weighted by atomic mass is 9.95. The van der Waals surface area contributed by atoms with E-state index in [-0.39, 0.29) is 0 Å². The van der Waals surface area contributed by atoms with Gasteiger partial charge in [0.05, 0.1) is 4.21 Å². The van der Waals surface area contributed by atoms with Crippen LogP contribution in [0.4, 0.5) is 0 Å². The molecule has 1 aromatic heterocycles. The van der Waals surface area contributed by atoms with Crippen molar-refractivity contribution >= 4 is 35.3 Å². The van der Waals surface area contributed by atoms with Crippen LogP contribution in [0.25, 0.3) is 0 Å². The summed E-state index contributed by atoms with van der Waals surface area (Å²) in [4.78, 5) is 0. The Hall–Kier alpha value is -0.130. The Kier molecular flexibility index (Phi) is 4.21. The van der Waals surface area contributed by atoms with E-state index in [1.54, 1.807) is 23.1 Å². The maximum Gasteiger partial charge on any atom is 0.163 e. The molecule has 0 amide bonds. The first-order chi connectivity index (χ1) is 7.72. The van der Waals surface area contributed by atoms with Crippen molar-refractivity contribution in [1.82, 2.24) is 4.57 Å². The fourth-order valence-corrected chi connectivity index (χ4v) is 4.39. The van der Waals surface area contributed by atoms with Gasteiger partial charge in [0.15, 0.2) is 3.95 Å². The lowest BCUT2D eigenvalue weighted by Gasteiger charge is -2.24. The minimum Gasteiger partial charge on any atom is -0.306 e. The van der Waals surface area contributed by atoms with Gasteiger partial charge in [0.2, 0.25) is 0 Å². The third-order valence-electron chi connectivity index (χ3n) is 3.04. The molecule has 1 heterocycles. The van der Waals surface area contributed by atoms with E-state index in [0.717, 1.165) is 8.16 Å². The standard InChI is InChI=1S/C11H16N2S3/c1-15-10-7-9(12)13(11(14)16-10)8-5-3-2-4-6-8/h7-8,12H,2-6H2,1H3. The minimum atomic E-state index is 0.473. The molecule has 0 saturated heterocycles. The molecule has 1 aromatic rings. The maximum absolute atomic E-state index is 8.08. The second-order valence-corrected chi connectivity index (χ2v) is 6.86. The summed E-state index contributed by atoms with van der Waals surface area (Å²) in [5, 5.41) is 8.08. The summed E-state index contributed by atoms with van der Waals surface area (Å²) >= 11 is 8.73. The molecule has 1 aliphatic carbocycles. The van der Waals surface area contributed by atoms with Gasteiger partial charge in [0, 0.05) is 12.1 Å². The van der Waals surface area contributed by atoms with E-state index < -0.39 is 0 Å². The summed E-state index contributed by atoms with van der Waals surface area (Å²) in [7, 11) is 0. The average Bonchev–Trinajstić information content (AvgIpc) is 2.29. The van der Waals surface area contributed by atoms with E-state index in [0.29, 0.717) is 11.5 Å². The fraction of sp³-hybridized carbons (Fsp3) is 0.636. The minimum absolute atomic E-state index is 0.473. The number of nitrogens with zero attached hydrogens (tertiary/aromatic N) is 1. The normalized spacial score (nSPS) is 17.6. The van der Waals surface area contributed by atoms with Crippen molar-refractivity contribution in [1.29, 1.82) is 5.41 Å². The first-order valence-corrected chi connectivity index (χ1v) is 8.02. The van der Waals surface area contributed by atoms with Crippen LogP contribution in [0.1, 0.15) is 38.1 Å². The Labute approximate surface area is 109 Å². The smallest absolute Gasteiger partial charge is 0.163 e. The van der Waals surface area contributed by atoms with Gasteiger partial charge < -0.3 is 4.57 Å². The van der Waals surface area contributed by atoms with Crippen molar-refractivity contribution in [2.45, 2.75) is 42.4 Å². The van der Waals surface area contributed by atoms with E-state index in [1.807, 2.05) is 12.3 Å². The molecule has 5 heteroatoms. The molecule has 0 aromatic carbocycles. The quantitative estimate of drug-likeness (QED) is 0.651. The summed E-state index contributed by atoms with van der Waals surface area (Å²) in [6, 6.07) is 2.42. The first kappa shape index (κ1) is 12.3. The lowest BCUT2D eigenvalue weighted by molar-refractivity contribution is 0.342. The van der Waals surface area contributed by atoms with Crippen molar-refractivity contribution in [2.24, 2.45) is 0 Å². The maximum atomic E-state index is 8.08. The number of nitrogens with one attached hydrogen (secondary N) is 1. The molecule has 0 radical (unpaired) electrons. The van der Waals surface area contributed by atoms with Crippen LogP contribution in [-0.2, 0) is 0 Å². The molecule has 0 bridgehead atoms. The molecule has 1 fully saturated rings. The zero-order chi connectivity index (χ0) is 11.5. The Morgan fingerprint density at radius 1 is 1.44 bits per heavy atom. The topological polar surface area (TPSA) is 28.8 Å². The second-order valence-electron chi connectivity index (χ2n) is 4.08. The summed E-state index contributed by atoms with van der Waals surface area (Å²) in [6.07, 6.45) is 8.30. The van der Waals surface area contributed by atoms with E-state index in [1.165, 1.54) is 32.1 Å². The molecule has 16 heavy (non-hydrogen) atoms. The second kappa shape index (κ2) is 5.47. The zero-order valence-corrected chi connectivity index (χ0v) is 11.8.